The van der Waals surface area contributed by atoms with Crippen molar-refractivity contribution >= 4 is 6.16 Å². The quantitative estimate of drug-likeness (QED) is 0.588. The highest BCUT2D eigenvalue weighted by Crippen LogP contribution is 1.88. The van der Waals surface area contributed by atoms with Crippen LogP contribution in [0.4, 0.5) is 18.0 Å². The lowest BCUT2D eigenvalue weighted by Crippen LogP contribution is -1.88. The molecular weight excluding hydrogens is 141 g/mol. The van der Waals surface area contributed by atoms with Crippen LogP contribution in [-0.2, 0) is 0 Å². The van der Waals surface area contributed by atoms with E-state index in [-0.39, 0.29) is 0 Å². The Kier molecular flexibility index (Phi) is 8.58. The molecule has 0 saturated heterocycles. The molecule has 0 aliphatic carbocycles. The minimum absolute atomic E-state index is 1.53. The van der Waals surface area contributed by atoms with Crippen molar-refractivity contribution in [2.75, 3.05) is 6.67 Å². The van der Waals surface area contributed by atoms with Gasteiger partial charge in [0, 0.05) is 0 Å². The fourth-order valence-electron chi connectivity index (χ4n) is 0. The van der Waals surface area contributed by atoms with Gasteiger partial charge in [-0.2, -0.15) is 0 Å². The Balaban J connectivity index is 0. The van der Waals surface area contributed by atoms with Crippen LogP contribution in [0.1, 0.15) is 0 Å². The maximum Gasteiger partial charge on any atom is 0.503 e. The molecule has 0 rings (SSSR count). The summed E-state index contributed by atoms with van der Waals surface area (Å²) in [7, 11) is 0. The summed E-state index contributed by atoms with van der Waals surface area (Å²) in [5, 5.41) is 13.9. The summed E-state index contributed by atoms with van der Waals surface area (Å²) in [6.07, 6.45) is -4.62. The summed E-state index contributed by atoms with van der Waals surface area (Å²) in [4.78, 5) is 8.56. The molecule has 0 spiro atoms. The number of halogens is 3. The Hall–Kier alpha value is -0.940. The summed E-state index contributed by atoms with van der Waals surface area (Å²) >= 11 is 0. The molecule has 0 aromatic rings. The van der Waals surface area contributed by atoms with E-state index in [1.165, 1.54) is 0 Å². The monoisotopic (exact) mass is 146 g/mol. The molecule has 0 aromatic carbocycles. The second-order valence-electron chi connectivity index (χ2n) is 0.828. The first-order chi connectivity index (χ1) is 4.00. The third kappa shape index (κ3) is 161. The average Bonchev–Trinajstić information content (AvgIpc) is 1.65. The maximum atomic E-state index is 10.4. The molecule has 0 aliphatic heterocycles. The summed E-state index contributed by atoms with van der Waals surface area (Å²) in [5.74, 6) is 0. The van der Waals surface area contributed by atoms with Crippen LogP contribution in [0.25, 0.3) is 0 Å². The van der Waals surface area contributed by atoms with E-state index >= 15 is 0 Å². The zero-order valence-corrected chi connectivity index (χ0v) is 4.22. The topological polar surface area (TPSA) is 57.5 Å². The molecule has 0 atom stereocenters. The van der Waals surface area contributed by atoms with E-state index in [9.17, 15) is 13.2 Å². The first-order valence-electron chi connectivity index (χ1n) is 1.76. The summed E-state index contributed by atoms with van der Waals surface area (Å²) in [6, 6.07) is 0. The van der Waals surface area contributed by atoms with Crippen LogP contribution in [0, 0.1) is 0 Å². The van der Waals surface area contributed by atoms with Gasteiger partial charge in [-0.15, -0.1) is 0 Å². The number of hydrogen-bond acceptors (Lipinski definition) is 1. The van der Waals surface area contributed by atoms with Crippen molar-refractivity contribution < 1.29 is 28.2 Å². The largest absolute Gasteiger partial charge is 0.503 e. The van der Waals surface area contributed by atoms with Gasteiger partial charge >= 0.3 is 6.16 Å². The SMILES string of the molecule is FCC(F)F.O=C(O)O. The first-order valence-corrected chi connectivity index (χ1v) is 1.76. The smallest absolute Gasteiger partial charge is 0.450 e. The van der Waals surface area contributed by atoms with Crippen LogP contribution >= 0.6 is 0 Å². The molecule has 6 heteroatoms. The number of carbonyl (C=O) groups is 1. The zero-order valence-electron chi connectivity index (χ0n) is 4.22. The van der Waals surface area contributed by atoms with Gasteiger partial charge in [0.05, 0.1) is 0 Å². The highest BCUT2D eigenvalue weighted by molar-refractivity contribution is 5.53. The maximum absolute atomic E-state index is 10.4. The van der Waals surface area contributed by atoms with Gasteiger partial charge in [0.25, 0.3) is 6.43 Å². The van der Waals surface area contributed by atoms with Crippen molar-refractivity contribution in [2.24, 2.45) is 0 Å². The van der Waals surface area contributed by atoms with Gasteiger partial charge in [0.15, 0.2) is 6.67 Å². The number of alkyl halides is 3. The standard InChI is InChI=1S/C2H3F3.CH2O3/c3-1-2(4)5;2-1(3)4/h2H,1H2;(H2,2,3,4). The average molecular weight is 146 g/mol. The molecule has 9 heavy (non-hydrogen) atoms. The number of hydrogen-bond donors (Lipinski definition) is 2. The predicted octanol–water partition coefficient (Wildman–Crippen LogP) is 1.44. The third-order valence-corrected chi connectivity index (χ3v) is 0.117. The summed E-state index contributed by atoms with van der Waals surface area (Å²) < 4.78 is 31.1. The van der Waals surface area contributed by atoms with Gasteiger partial charge in [-0.05, 0) is 0 Å². The van der Waals surface area contributed by atoms with E-state index in [2.05, 4.69) is 0 Å². The highest BCUT2D eigenvalue weighted by Gasteiger charge is 1.95. The normalized spacial score (nSPS) is 8.00. The molecule has 0 heterocycles. The lowest BCUT2D eigenvalue weighted by Gasteiger charge is -1.78. The molecule has 0 bridgehead atoms. The van der Waals surface area contributed by atoms with Gasteiger partial charge in [-0.25, -0.2) is 18.0 Å². The summed E-state index contributed by atoms with van der Waals surface area (Å²) in [5.41, 5.74) is 0. The van der Waals surface area contributed by atoms with Crippen molar-refractivity contribution in [1.82, 2.24) is 0 Å². The van der Waals surface area contributed by atoms with Crippen LogP contribution in [0.3, 0.4) is 0 Å². The Morgan fingerprint density at radius 3 is 1.56 bits per heavy atom. The van der Waals surface area contributed by atoms with Crippen LogP contribution in [0.2, 0.25) is 0 Å². The van der Waals surface area contributed by atoms with E-state index in [0.29, 0.717) is 0 Å². The van der Waals surface area contributed by atoms with Gasteiger partial charge < -0.3 is 10.2 Å². The van der Waals surface area contributed by atoms with Gasteiger partial charge in [0.2, 0.25) is 0 Å². The molecular formula is C3H5F3O3. The lowest BCUT2D eigenvalue weighted by molar-refractivity contribution is 0.113. The Morgan fingerprint density at radius 1 is 1.44 bits per heavy atom. The lowest BCUT2D eigenvalue weighted by atomic mass is 10.8. The van der Waals surface area contributed by atoms with Crippen molar-refractivity contribution in [3.05, 3.63) is 0 Å². The van der Waals surface area contributed by atoms with Gasteiger partial charge in [0.1, 0.15) is 0 Å². The molecule has 0 saturated carbocycles. The van der Waals surface area contributed by atoms with E-state index in [4.69, 9.17) is 15.0 Å². The second kappa shape index (κ2) is 7.06. The highest BCUT2D eigenvalue weighted by atomic mass is 19.3. The van der Waals surface area contributed by atoms with E-state index in [0.717, 1.165) is 0 Å². The van der Waals surface area contributed by atoms with Crippen LogP contribution in [-0.4, -0.2) is 29.5 Å². The Bertz CT molecular complexity index is 70.7. The molecule has 0 fully saturated rings. The fourth-order valence-corrected chi connectivity index (χ4v) is 0. The number of rotatable bonds is 1. The Morgan fingerprint density at radius 2 is 1.56 bits per heavy atom. The van der Waals surface area contributed by atoms with Crippen molar-refractivity contribution in [2.45, 2.75) is 6.43 Å². The second-order valence-corrected chi connectivity index (χ2v) is 0.828. The minimum atomic E-state index is -2.78. The Labute approximate surface area is 48.7 Å². The molecule has 3 nitrogen and oxygen atoms in total. The van der Waals surface area contributed by atoms with Crippen LogP contribution in [0.15, 0.2) is 0 Å². The molecule has 56 valence electrons. The van der Waals surface area contributed by atoms with E-state index < -0.39 is 19.3 Å². The van der Waals surface area contributed by atoms with Crippen molar-refractivity contribution in [3.8, 4) is 0 Å². The fraction of sp³-hybridized carbons (Fsp3) is 0.667. The van der Waals surface area contributed by atoms with E-state index in [1.54, 1.807) is 0 Å². The third-order valence-electron chi connectivity index (χ3n) is 0.117. The van der Waals surface area contributed by atoms with Gasteiger partial charge in [-0.3, -0.25) is 0 Å². The van der Waals surface area contributed by atoms with Crippen LogP contribution in [0.5, 0.6) is 0 Å². The van der Waals surface area contributed by atoms with E-state index in [1.807, 2.05) is 0 Å². The predicted molar refractivity (Wildman–Crippen MR) is 22.6 cm³/mol. The molecule has 0 unspecified atom stereocenters. The number of carboxylic acid groups (broad SMARTS) is 2. The van der Waals surface area contributed by atoms with Crippen molar-refractivity contribution in [3.63, 3.8) is 0 Å². The van der Waals surface area contributed by atoms with Gasteiger partial charge in [-0.1, -0.05) is 0 Å². The molecule has 0 aliphatic rings. The summed E-state index contributed by atoms with van der Waals surface area (Å²) in [6.45, 7) is -1.53. The first kappa shape index (κ1) is 10.9. The molecule has 2 N–H and O–H groups in total. The molecule has 0 radical (unpaired) electrons. The minimum Gasteiger partial charge on any atom is -0.450 e. The van der Waals surface area contributed by atoms with Crippen molar-refractivity contribution in [1.29, 1.82) is 0 Å². The molecule has 0 aromatic heterocycles. The molecule has 0 amide bonds. The van der Waals surface area contributed by atoms with Crippen LogP contribution < -0.4 is 0 Å². The zero-order chi connectivity index (χ0) is 7.86.